The highest BCUT2D eigenvalue weighted by molar-refractivity contribution is 9.10. The van der Waals surface area contributed by atoms with Crippen LogP contribution < -0.4 is 20.2 Å². The number of benzene rings is 3. The first-order valence-corrected chi connectivity index (χ1v) is 13.0. The topological polar surface area (TPSA) is 89.0 Å². The molecule has 3 rings (SSSR count). The minimum Gasteiger partial charge on any atom is -0.490 e. The Bertz CT molecular complexity index is 1270. The summed E-state index contributed by atoms with van der Waals surface area (Å²) >= 11 is 18.9. The summed E-state index contributed by atoms with van der Waals surface area (Å²) in [6.07, 6.45) is 0.992. The lowest BCUT2D eigenvalue weighted by Crippen LogP contribution is -2.24. The van der Waals surface area contributed by atoms with Crippen molar-refractivity contribution in [3.05, 3.63) is 84.7 Å². The van der Waals surface area contributed by atoms with Gasteiger partial charge in [0.05, 0.1) is 33.0 Å². The molecule has 188 valence electrons. The third kappa shape index (κ3) is 8.23. The summed E-state index contributed by atoms with van der Waals surface area (Å²) in [5.41, 5.74) is 4.30. The van der Waals surface area contributed by atoms with Crippen LogP contribution in [0, 0.1) is 0 Å². The average Bonchev–Trinajstić information content (AvgIpc) is 2.83. The maximum absolute atomic E-state index is 12.1. The number of amides is 2. The van der Waals surface area contributed by atoms with Crippen molar-refractivity contribution in [1.82, 2.24) is 5.43 Å². The molecule has 36 heavy (non-hydrogen) atoms. The van der Waals surface area contributed by atoms with Gasteiger partial charge < -0.3 is 14.8 Å². The maximum Gasteiger partial charge on any atom is 0.249 e. The number of hydrogen-bond acceptors (Lipinski definition) is 5. The Morgan fingerprint density at radius 1 is 1.03 bits per heavy atom. The smallest absolute Gasteiger partial charge is 0.249 e. The molecular weight excluding hydrogens is 637 g/mol. The third-order valence-electron chi connectivity index (χ3n) is 4.58. The standard InChI is InChI=1S/C25H21Br2Cl2N3O4/c1-2-35-21-11-16(10-18(27)25(21)36-14-15-6-8-17(26)9-7-15)13-30-32-23(34)12-22(33)31-20-5-3-4-19(28)24(20)29/h3-11,13H,2,12,14H2,1H3,(H,31,33)(H,32,34). The van der Waals surface area contributed by atoms with E-state index in [1.807, 2.05) is 31.2 Å². The van der Waals surface area contributed by atoms with Crippen LogP contribution in [0.25, 0.3) is 0 Å². The number of carbonyl (C=O) groups excluding carboxylic acids is 2. The summed E-state index contributed by atoms with van der Waals surface area (Å²) in [6, 6.07) is 16.2. The Kier molecular flexibility index (Phi) is 10.6. The number of carbonyl (C=O) groups is 2. The summed E-state index contributed by atoms with van der Waals surface area (Å²) in [6.45, 7) is 2.66. The van der Waals surface area contributed by atoms with E-state index in [4.69, 9.17) is 32.7 Å². The molecule has 0 heterocycles. The van der Waals surface area contributed by atoms with Gasteiger partial charge in [-0.2, -0.15) is 5.10 Å². The van der Waals surface area contributed by atoms with E-state index in [1.165, 1.54) is 6.21 Å². The second-order valence-electron chi connectivity index (χ2n) is 7.30. The number of halogens is 4. The van der Waals surface area contributed by atoms with E-state index < -0.39 is 18.2 Å². The molecule has 0 aliphatic carbocycles. The van der Waals surface area contributed by atoms with E-state index in [-0.39, 0.29) is 5.02 Å². The van der Waals surface area contributed by atoms with E-state index in [0.29, 0.717) is 45.5 Å². The molecule has 0 aliphatic heterocycles. The van der Waals surface area contributed by atoms with Crippen LogP contribution in [0.4, 0.5) is 5.69 Å². The Morgan fingerprint density at radius 3 is 2.50 bits per heavy atom. The quantitative estimate of drug-likeness (QED) is 0.140. The third-order valence-corrected chi connectivity index (χ3v) is 6.51. The van der Waals surface area contributed by atoms with Crippen LogP contribution in [0.2, 0.25) is 10.0 Å². The summed E-state index contributed by atoms with van der Waals surface area (Å²) in [5.74, 6) is -0.0761. The van der Waals surface area contributed by atoms with Crippen molar-refractivity contribution in [2.24, 2.45) is 5.10 Å². The Hall–Kier alpha value is -2.59. The summed E-state index contributed by atoms with van der Waals surface area (Å²) < 4.78 is 13.4. The van der Waals surface area contributed by atoms with Crippen LogP contribution in [-0.2, 0) is 16.2 Å². The molecule has 0 atom stereocenters. The van der Waals surface area contributed by atoms with Crippen LogP contribution >= 0.6 is 55.1 Å². The number of nitrogens with one attached hydrogen (secondary N) is 2. The van der Waals surface area contributed by atoms with Crippen molar-refractivity contribution in [2.75, 3.05) is 11.9 Å². The highest BCUT2D eigenvalue weighted by Crippen LogP contribution is 2.37. The minimum atomic E-state index is -0.597. The zero-order valence-corrected chi connectivity index (χ0v) is 23.7. The predicted molar refractivity (Wildman–Crippen MR) is 149 cm³/mol. The van der Waals surface area contributed by atoms with Crippen molar-refractivity contribution < 1.29 is 19.1 Å². The summed E-state index contributed by atoms with van der Waals surface area (Å²) in [5, 5.41) is 6.98. The van der Waals surface area contributed by atoms with E-state index in [2.05, 4.69) is 47.7 Å². The fraction of sp³-hybridized carbons (Fsp3) is 0.160. The number of hydrogen-bond donors (Lipinski definition) is 2. The second-order valence-corrected chi connectivity index (χ2v) is 9.85. The van der Waals surface area contributed by atoms with Crippen molar-refractivity contribution >= 4 is 78.8 Å². The molecule has 0 aromatic heterocycles. The largest absolute Gasteiger partial charge is 0.490 e. The normalized spacial score (nSPS) is 10.8. The first-order valence-electron chi connectivity index (χ1n) is 10.7. The molecule has 2 N–H and O–H groups in total. The number of ether oxygens (including phenoxy) is 2. The first kappa shape index (κ1) is 28.0. The van der Waals surface area contributed by atoms with Crippen molar-refractivity contribution in [3.8, 4) is 11.5 Å². The summed E-state index contributed by atoms with van der Waals surface area (Å²) in [4.78, 5) is 24.2. The molecule has 0 saturated heterocycles. The van der Waals surface area contributed by atoms with Crippen LogP contribution in [0.15, 0.2) is 68.6 Å². The molecule has 7 nitrogen and oxygen atoms in total. The number of rotatable bonds is 10. The van der Waals surface area contributed by atoms with Crippen LogP contribution in [0.5, 0.6) is 11.5 Å². The number of hydrazone groups is 1. The maximum atomic E-state index is 12.1. The van der Waals surface area contributed by atoms with E-state index in [1.54, 1.807) is 30.3 Å². The second kappa shape index (κ2) is 13.6. The van der Waals surface area contributed by atoms with Gasteiger partial charge in [0.1, 0.15) is 13.0 Å². The zero-order chi connectivity index (χ0) is 26.1. The van der Waals surface area contributed by atoms with Gasteiger partial charge in [-0.1, -0.05) is 57.3 Å². The van der Waals surface area contributed by atoms with E-state index >= 15 is 0 Å². The zero-order valence-electron chi connectivity index (χ0n) is 19.0. The van der Waals surface area contributed by atoms with E-state index in [9.17, 15) is 9.59 Å². The Labute approximate surface area is 235 Å². The molecule has 11 heteroatoms. The van der Waals surface area contributed by atoms with Crippen LogP contribution in [0.3, 0.4) is 0 Å². The summed E-state index contributed by atoms with van der Waals surface area (Å²) in [7, 11) is 0. The lowest BCUT2D eigenvalue weighted by Gasteiger charge is -2.14. The Balaban J connectivity index is 1.60. The molecule has 0 spiro atoms. The fourth-order valence-electron chi connectivity index (χ4n) is 2.96. The lowest BCUT2D eigenvalue weighted by molar-refractivity contribution is -0.126. The lowest BCUT2D eigenvalue weighted by atomic mass is 10.2. The molecule has 3 aromatic carbocycles. The highest BCUT2D eigenvalue weighted by atomic mass is 79.9. The molecule has 0 fully saturated rings. The SMILES string of the molecule is CCOc1cc(C=NNC(=O)CC(=O)Nc2cccc(Cl)c2Cl)cc(Br)c1OCc1ccc(Br)cc1. The minimum absolute atomic E-state index is 0.200. The van der Waals surface area contributed by atoms with Gasteiger partial charge in [-0.05, 0) is 70.4 Å². The molecule has 0 bridgehead atoms. The van der Waals surface area contributed by atoms with Crippen molar-refractivity contribution in [1.29, 1.82) is 0 Å². The molecule has 2 amide bonds. The van der Waals surface area contributed by atoms with Gasteiger partial charge in [0, 0.05) is 4.47 Å². The average molecular weight is 658 g/mol. The van der Waals surface area contributed by atoms with Gasteiger partial charge in [0.25, 0.3) is 0 Å². The van der Waals surface area contributed by atoms with E-state index in [0.717, 1.165) is 10.0 Å². The van der Waals surface area contributed by atoms with Gasteiger partial charge in [-0.3, -0.25) is 9.59 Å². The molecule has 0 unspecified atom stereocenters. The fourth-order valence-corrected chi connectivity index (χ4v) is 4.15. The van der Waals surface area contributed by atoms with Gasteiger partial charge in [0.2, 0.25) is 11.8 Å². The Morgan fingerprint density at radius 2 is 1.78 bits per heavy atom. The van der Waals surface area contributed by atoms with Crippen LogP contribution in [0.1, 0.15) is 24.5 Å². The highest BCUT2D eigenvalue weighted by Gasteiger charge is 2.14. The van der Waals surface area contributed by atoms with Crippen molar-refractivity contribution in [3.63, 3.8) is 0 Å². The molecular formula is C25H21Br2Cl2N3O4. The van der Waals surface area contributed by atoms with Crippen molar-refractivity contribution in [2.45, 2.75) is 20.0 Å². The molecule has 3 aromatic rings. The van der Waals surface area contributed by atoms with Gasteiger partial charge in [0.15, 0.2) is 11.5 Å². The van der Waals surface area contributed by atoms with Crippen LogP contribution in [-0.4, -0.2) is 24.6 Å². The first-order chi connectivity index (χ1) is 17.3. The number of nitrogens with zero attached hydrogens (tertiary/aromatic N) is 1. The van der Waals surface area contributed by atoms with Gasteiger partial charge in [-0.15, -0.1) is 0 Å². The molecule has 0 aliphatic rings. The molecule has 0 radical (unpaired) electrons. The monoisotopic (exact) mass is 655 g/mol. The van der Waals surface area contributed by atoms with Gasteiger partial charge in [-0.25, -0.2) is 5.43 Å². The predicted octanol–water partition coefficient (Wildman–Crippen LogP) is 6.98. The number of anilines is 1. The molecule has 0 saturated carbocycles. The van der Waals surface area contributed by atoms with Gasteiger partial charge >= 0.3 is 0 Å².